The summed E-state index contributed by atoms with van der Waals surface area (Å²) in [7, 11) is 0. The SMILES string of the molecule is CCCC1CCC(CNCC(C)C)C(CCCSCC)C1. The van der Waals surface area contributed by atoms with Gasteiger partial charge in [0.05, 0.1) is 0 Å². The van der Waals surface area contributed by atoms with Gasteiger partial charge >= 0.3 is 0 Å². The second-order valence-corrected chi connectivity index (χ2v) is 8.77. The molecule has 2 heteroatoms. The molecule has 1 N–H and O–H groups in total. The van der Waals surface area contributed by atoms with Gasteiger partial charge in [0.1, 0.15) is 0 Å². The molecule has 0 aromatic carbocycles. The number of hydrogen-bond acceptors (Lipinski definition) is 2. The van der Waals surface area contributed by atoms with E-state index in [1.807, 2.05) is 0 Å². The Balaban J connectivity index is 2.37. The van der Waals surface area contributed by atoms with Crippen LogP contribution in [0, 0.1) is 23.7 Å². The third-order valence-electron chi connectivity index (χ3n) is 4.97. The highest BCUT2D eigenvalue weighted by molar-refractivity contribution is 7.99. The molecule has 1 fully saturated rings. The maximum atomic E-state index is 3.73. The van der Waals surface area contributed by atoms with Crippen molar-refractivity contribution in [1.82, 2.24) is 5.32 Å². The van der Waals surface area contributed by atoms with Gasteiger partial charge in [-0.2, -0.15) is 11.8 Å². The number of thioether (sulfide) groups is 1. The average Bonchev–Trinajstić information content (AvgIpc) is 2.45. The molecule has 0 saturated heterocycles. The minimum absolute atomic E-state index is 0.779. The summed E-state index contributed by atoms with van der Waals surface area (Å²) in [5.41, 5.74) is 0. The van der Waals surface area contributed by atoms with Gasteiger partial charge in [0.2, 0.25) is 0 Å². The summed E-state index contributed by atoms with van der Waals surface area (Å²) in [5.74, 6) is 6.40. The lowest BCUT2D eigenvalue weighted by atomic mass is 9.71. The van der Waals surface area contributed by atoms with Crippen LogP contribution in [0.15, 0.2) is 0 Å². The Morgan fingerprint density at radius 1 is 1.10 bits per heavy atom. The lowest BCUT2D eigenvalue weighted by Crippen LogP contribution is -2.34. The van der Waals surface area contributed by atoms with Gasteiger partial charge in [-0.25, -0.2) is 0 Å². The van der Waals surface area contributed by atoms with Gasteiger partial charge in [0, 0.05) is 0 Å². The van der Waals surface area contributed by atoms with Crippen LogP contribution in [0.1, 0.15) is 72.6 Å². The van der Waals surface area contributed by atoms with Gasteiger partial charge in [0.15, 0.2) is 0 Å². The Bertz CT molecular complexity index is 242. The average molecular weight is 314 g/mol. The molecule has 3 atom stereocenters. The zero-order valence-corrected chi connectivity index (χ0v) is 15.8. The summed E-state index contributed by atoms with van der Waals surface area (Å²) in [6.45, 7) is 11.7. The molecule has 0 spiro atoms. The number of nitrogens with one attached hydrogen (secondary N) is 1. The van der Waals surface area contributed by atoms with Crippen LogP contribution in [0.25, 0.3) is 0 Å². The molecule has 0 amide bonds. The van der Waals surface area contributed by atoms with Crippen LogP contribution in [0.2, 0.25) is 0 Å². The molecule has 0 radical (unpaired) electrons. The van der Waals surface area contributed by atoms with Crippen molar-refractivity contribution in [1.29, 1.82) is 0 Å². The van der Waals surface area contributed by atoms with Crippen LogP contribution in [0.4, 0.5) is 0 Å². The molecule has 0 heterocycles. The van der Waals surface area contributed by atoms with Crippen molar-refractivity contribution in [2.45, 2.75) is 72.6 Å². The van der Waals surface area contributed by atoms with Crippen molar-refractivity contribution in [3.63, 3.8) is 0 Å². The first-order chi connectivity index (χ1) is 10.2. The molecule has 1 aliphatic carbocycles. The Morgan fingerprint density at radius 3 is 2.57 bits per heavy atom. The van der Waals surface area contributed by atoms with Gasteiger partial charge in [-0.1, -0.05) is 47.0 Å². The van der Waals surface area contributed by atoms with E-state index in [1.165, 1.54) is 69.5 Å². The van der Waals surface area contributed by atoms with E-state index in [2.05, 4.69) is 44.8 Å². The molecule has 1 rings (SSSR count). The second kappa shape index (κ2) is 11.8. The molecule has 0 aromatic rings. The zero-order valence-electron chi connectivity index (χ0n) is 15.0. The molecule has 1 aliphatic rings. The highest BCUT2D eigenvalue weighted by Crippen LogP contribution is 2.38. The fraction of sp³-hybridized carbons (Fsp3) is 1.00. The Labute approximate surface area is 138 Å². The van der Waals surface area contributed by atoms with Crippen molar-refractivity contribution in [2.24, 2.45) is 23.7 Å². The predicted molar refractivity (Wildman–Crippen MR) is 99.2 cm³/mol. The topological polar surface area (TPSA) is 12.0 Å². The van der Waals surface area contributed by atoms with E-state index >= 15 is 0 Å². The van der Waals surface area contributed by atoms with E-state index in [-0.39, 0.29) is 0 Å². The van der Waals surface area contributed by atoms with E-state index < -0.39 is 0 Å². The molecule has 3 unspecified atom stereocenters. The first kappa shape index (κ1) is 19.4. The van der Waals surface area contributed by atoms with E-state index in [0.717, 1.165) is 23.7 Å². The summed E-state index contributed by atoms with van der Waals surface area (Å²) < 4.78 is 0. The molecule has 0 aliphatic heterocycles. The molecule has 1 nitrogen and oxygen atoms in total. The van der Waals surface area contributed by atoms with E-state index in [9.17, 15) is 0 Å². The summed E-state index contributed by atoms with van der Waals surface area (Å²) in [5, 5.41) is 3.73. The third kappa shape index (κ3) is 8.50. The van der Waals surface area contributed by atoms with E-state index in [1.54, 1.807) is 0 Å². The highest BCUT2D eigenvalue weighted by Gasteiger charge is 2.29. The second-order valence-electron chi connectivity index (χ2n) is 7.38. The molecular weight excluding hydrogens is 274 g/mol. The lowest BCUT2D eigenvalue weighted by molar-refractivity contribution is 0.158. The first-order valence-corrected chi connectivity index (χ1v) is 10.6. The number of hydrogen-bond donors (Lipinski definition) is 1. The van der Waals surface area contributed by atoms with Crippen molar-refractivity contribution in [3.8, 4) is 0 Å². The fourth-order valence-electron chi connectivity index (χ4n) is 3.87. The smallest absolute Gasteiger partial charge is 0.00178 e. The Kier molecular flexibility index (Phi) is 10.9. The van der Waals surface area contributed by atoms with Gasteiger partial charge in [-0.3, -0.25) is 0 Å². The lowest BCUT2D eigenvalue weighted by Gasteiger charge is -2.37. The molecule has 0 bridgehead atoms. The van der Waals surface area contributed by atoms with Crippen LogP contribution in [-0.4, -0.2) is 24.6 Å². The van der Waals surface area contributed by atoms with Gasteiger partial charge in [-0.15, -0.1) is 0 Å². The highest BCUT2D eigenvalue weighted by atomic mass is 32.2. The minimum Gasteiger partial charge on any atom is -0.316 e. The van der Waals surface area contributed by atoms with Crippen LogP contribution in [0.3, 0.4) is 0 Å². The normalized spacial score (nSPS) is 26.4. The van der Waals surface area contributed by atoms with Gasteiger partial charge in [-0.05, 0) is 74.0 Å². The van der Waals surface area contributed by atoms with E-state index in [4.69, 9.17) is 0 Å². The van der Waals surface area contributed by atoms with Gasteiger partial charge in [0.25, 0.3) is 0 Å². The largest absolute Gasteiger partial charge is 0.316 e. The maximum Gasteiger partial charge on any atom is -0.00178 e. The van der Waals surface area contributed by atoms with Crippen molar-refractivity contribution >= 4 is 11.8 Å². The van der Waals surface area contributed by atoms with Crippen LogP contribution in [-0.2, 0) is 0 Å². The molecule has 21 heavy (non-hydrogen) atoms. The standard InChI is InChI=1S/C19H39NS/c1-5-8-17-10-11-19(15-20-14-16(3)4)18(13-17)9-7-12-21-6-2/h16-20H,5-15H2,1-4H3. The maximum absolute atomic E-state index is 3.73. The van der Waals surface area contributed by atoms with Crippen molar-refractivity contribution in [3.05, 3.63) is 0 Å². The Morgan fingerprint density at radius 2 is 1.90 bits per heavy atom. The quantitative estimate of drug-likeness (QED) is 0.498. The summed E-state index contributed by atoms with van der Waals surface area (Å²) in [6, 6.07) is 0. The molecule has 1 saturated carbocycles. The Hall–Kier alpha value is 0.310. The van der Waals surface area contributed by atoms with E-state index in [0.29, 0.717) is 0 Å². The van der Waals surface area contributed by atoms with Crippen LogP contribution in [0.5, 0.6) is 0 Å². The van der Waals surface area contributed by atoms with Crippen LogP contribution >= 0.6 is 11.8 Å². The molecule has 0 aromatic heterocycles. The minimum atomic E-state index is 0.779. The zero-order chi connectivity index (χ0) is 15.5. The van der Waals surface area contributed by atoms with Gasteiger partial charge < -0.3 is 5.32 Å². The van der Waals surface area contributed by atoms with Crippen molar-refractivity contribution < 1.29 is 0 Å². The molecular formula is C19H39NS. The summed E-state index contributed by atoms with van der Waals surface area (Å²) in [6.07, 6.45) is 10.2. The fourth-order valence-corrected chi connectivity index (χ4v) is 4.53. The first-order valence-electron chi connectivity index (χ1n) is 9.45. The van der Waals surface area contributed by atoms with Crippen LogP contribution < -0.4 is 5.32 Å². The summed E-state index contributed by atoms with van der Waals surface area (Å²) >= 11 is 2.12. The third-order valence-corrected chi connectivity index (χ3v) is 5.96. The summed E-state index contributed by atoms with van der Waals surface area (Å²) in [4.78, 5) is 0. The number of rotatable bonds is 11. The molecule has 126 valence electrons. The predicted octanol–water partition coefficient (Wildman–Crippen LogP) is 5.60. The monoisotopic (exact) mass is 313 g/mol. The van der Waals surface area contributed by atoms with Crippen molar-refractivity contribution in [2.75, 3.05) is 24.6 Å².